The van der Waals surface area contributed by atoms with Gasteiger partial charge >= 0.3 is 0 Å². The van der Waals surface area contributed by atoms with Crippen LogP contribution in [0.15, 0.2) is 0 Å². The normalized spacial score (nSPS) is 30.4. The number of rotatable bonds is 3. The second-order valence-corrected chi connectivity index (χ2v) is 4.39. The molecule has 2 rings (SSSR count). The van der Waals surface area contributed by atoms with Crippen LogP contribution in [0, 0.1) is 0 Å². The standard InChI is InChI=1S/C11H22N2O/c1-2-5-12-11(3-1)4-6-13-7-9-14-10-8-13/h11-12H,1-10H2. The van der Waals surface area contributed by atoms with Crippen molar-refractivity contribution in [2.45, 2.75) is 31.7 Å². The average Bonchev–Trinajstić information content (AvgIpc) is 2.29. The van der Waals surface area contributed by atoms with Crippen LogP contribution in [-0.2, 0) is 4.74 Å². The van der Waals surface area contributed by atoms with Crippen LogP contribution in [0.2, 0.25) is 0 Å². The molecule has 0 aromatic carbocycles. The summed E-state index contributed by atoms with van der Waals surface area (Å²) in [5.41, 5.74) is 0. The Kier molecular flexibility index (Phi) is 4.22. The first kappa shape index (κ1) is 10.4. The Balaban J connectivity index is 1.60. The first-order valence-electron chi connectivity index (χ1n) is 5.98. The Bertz CT molecular complexity index is 133. The molecule has 0 aromatic rings. The summed E-state index contributed by atoms with van der Waals surface area (Å²) in [7, 11) is 0. The van der Waals surface area contributed by atoms with Gasteiger partial charge in [0, 0.05) is 19.1 Å². The van der Waals surface area contributed by atoms with Crippen LogP contribution in [0.4, 0.5) is 0 Å². The summed E-state index contributed by atoms with van der Waals surface area (Å²) < 4.78 is 5.33. The van der Waals surface area contributed by atoms with Crippen LogP contribution in [0.5, 0.6) is 0 Å². The highest BCUT2D eigenvalue weighted by atomic mass is 16.5. The van der Waals surface area contributed by atoms with Crippen molar-refractivity contribution in [2.75, 3.05) is 39.4 Å². The number of hydrogen-bond acceptors (Lipinski definition) is 3. The van der Waals surface area contributed by atoms with Crippen molar-refractivity contribution >= 4 is 0 Å². The zero-order valence-electron chi connectivity index (χ0n) is 9.00. The molecular weight excluding hydrogens is 176 g/mol. The van der Waals surface area contributed by atoms with Gasteiger partial charge in [0.05, 0.1) is 13.2 Å². The van der Waals surface area contributed by atoms with E-state index in [4.69, 9.17) is 4.74 Å². The molecule has 2 saturated heterocycles. The fourth-order valence-corrected chi connectivity index (χ4v) is 2.33. The minimum absolute atomic E-state index is 0.784. The van der Waals surface area contributed by atoms with Gasteiger partial charge in [-0.05, 0) is 32.4 Å². The quantitative estimate of drug-likeness (QED) is 0.727. The van der Waals surface area contributed by atoms with E-state index in [1.807, 2.05) is 0 Å². The zero-order chi connectivity index (χ0) is 9.64. The van der Waals surface area contributed by atoms with E-state index < -0.39 is 0 Å². The molecule has 0 amide bonds. The lowest BCUT2D eigenvalue weighted by atomic mass is 10.0. The predicted molar refractivity (Wildman–Crippen MR) is 57.5 cm³/mol. The molecule has 3 heteroatoms. The van der Waals surface area contributed by atoms with E-state index in [1.54, 1.807) is 0 Å². The van der Waals surface area contributed by atoms with Crippen molar-refractivity contribution in [1.82, 2.24) is 10.2 Å². The summed E-state index contributed by atoms with van der Waals surface area (Å²) in [5.74, 6) is 0. The molecule has 2 aliphatic heterocycles. The summed E-state index contributed by atoms with van der Waals surface area (Å²) in [4.78, 5) is 2.53. The van der Waals surface area contributed by atoms with Crippen LogP contribution >= 0.6 is 0 Å². The molecule has 2 heterocycles. The van der Waals surface area contributed by atoms with Crippen molar-refractivity contribution < 1.29 is 4.74 Å². The third kappa shape index (κ3) is 3.23. The summed E-state index contributed by atoms with van der Waals surface area (Å²) >= 11 is 0. The van der Waals surface area contributed by atoms with Crippen molar-refractivity contribution in [3.63, 3.8) is 0 Å². The van der Waals surface area contributed by atoms with Crippen molar-refractivity contribution in [1.29, 1.82) is 0 Å². The molecule has 0 saturated carbocycles. The van der Waals surface area contributed by atoms with Crippen molar-refractivity contribution in [2.24, 2.45) is 0 Å². The largest absolute Gasteiger partial charge is 0.379 e. The molecule has 0 radical (unpaired) electrons. The minimum atomic E-state index is 0.784. The summed E-state index contributed by atoms with van der Waals surface area (Å²) in [6.07, 6.45) is 5.49. The lowest BCUT2D eigenvalue weighted by Gasteiger charge is -2.30. The number of piperidine rings is 1. The molecular formula is C11H22N2O. The second-order valence-electron chi connectivity index (χ2n) is 4.39. The fraction of sp³-hybridized carbons (Fsp3) is 1.00. The van der Waals surface area contributed by atoms with Gasteiger partial charge in [-0.25, -0.2) is 0 Å². The molecule has 14 heavy (non-hydrogen) atoms. The molecule has 1 unspecified atom stereocenters. The maximum atomic E-state index is 5.33. The van der Waals surface area contributed by atoms with Gasteiger partial charge in [-0.3, -0.25) is 4.90 Å². The number of nitrogens with zero attached hydrogens (tertiary/aromatic N) is 1. The monoisotopic (exact) mass is 198 g/mol. The van der Waals surface area contributed by atoms with Gasteiger partial charge in [-0.15, -0.1) is 0 Å². The van der Waals surface area contributed by atoms with Crippen LogP contribution in [-0.4, -0.2) is 50.3 Å². The van der Waals surface area contributed by atoms with Gasteiger partial charge in [-0.1, -0.05) is 6.42 Å². The number of hydrogen-bond donors (Lipinski definition) is 1. The molecule has 3 nitrogen and oxygen atoms in total. The summed E-state index contributed by atoms with van der Waals surface area (Å²) in [5, 5.41) is 3.60. The van der Waals surface area contributed by atoms with E-state index in [2.05, 4.69) is 10.2 Å². The zero-order valence-corrected chi connectivity index (χ0v) is 9.00. The van der Waals surface area contributed by atoms with Crippen LogP contribution in [0.25, 0.3) is 0 Å². The molecule has 0 spiro atoms. The number of nitrogens with one attached hydrogen (secondary N) is 1. The van der Waals surface area contributed by atoms with Crippen LogP contribution in [0.1, 0.15) is 25.7 Å². The smallest absolute Gasteiger partial charge is 0.0594 e. The first-order valence-corrected chi connectivity index (χ1v) is 5.98. The van der Waals surface area contributed by atoms with Crippen molar-refractivity contribution in [3.8, 4) is 0 Å². The van der Waals surface area contributed by atoms with Gasteiger partial charge in [0.1, 0.15) is 0 Å². The molecule has 0 bridgehead atoms. The van der Waals surface area contributed by atoms with E-state index >= 15 is 0 Å². The highest BCUT2D eigenvalue weighted by Gasteiger charge is 2.15. The second kappa shape index (κ2) is 5.69. The topological polar surface area (TPSA) is 24.5 Å². The number of morpholine rings is 1. The highest BCUT2D eigenvalue weighted by Crippen LogP contribution is 2.11. The van der Waals surface area contributed by atoms with Crippen LogP contribution in [0.3, 0.4) is 0 Å². The lowest BCUT2D eigenvalue weighted by molar-refractivity contribution is 0.0358. The third-order valence-electron chi connectivity index (χ3n) is 3.31. The van der Waals surface area contributed by atoms with Crippen molar-refractivity contribution in [3.05, 3.63) is 0 Å². The van der Waals surface area contributed by atoms with E-state index in [0.717, 1.165) is 32.3 Å². The van der Waals surface area contributed by atoms with Crippen LogP contribution < -0.4 is 5.32 Å². The molecule has 2 aliphatic rings. The fourth-order valence-electron chi connectivity index (χ4n) is 2.33. The maximum absolute atomic E-state index is 5.33. The third-order valence-corrected chi connectivity index (χ3v) is 3.31. The average molecular weight is 198 g/mol. The van der Waals surface area contributed by atoms with Gasteiger partial charge < -0.3 is 10.1 Å². The van der Waals surface area contributed by atoms with Gasteiger partial charge in [0.25, 0.3) is 0 Å². The van der Waals surface area contributed by atoms with Gasteiger partial charge in [0.15, 0.2) is 0 Å². The van der Waals surface area contributed by atoms with Gasteiger partial charge in [0.2, 0.25) is 0 Å². The lowest BCUT2D eigenvalue weighted by Crippen LogP contribution is -2.41. The minimum Gasteiger partial charge on any atom is -0.379 e. The van der Waals surface area contributed by atoms with E-state index in [0.29, 0.717) is 0 Å². The summed E-state index contributed by atoms with van der Waals surface area (Å²) in [6, 6.07) is 0.784. The Hall–Kier alpha value is -0.120. The van der Waals surface area contributed by atoms with Gasteiger partial charge in [-0.2, -0.15) is 0 Å². The molecule has 2 fully saturated rings. The molecule has 1 N–H and O–H groups in total. The van der Waals surface area contributed by atoms with E-state index in [1.165, 1.54) is 38.8 Å². The maximum Gasteiger partial charge on any atom is 0.0594 e. The van der Waals surface area contributed by atoms with E-state index in [9.17, 15) is 0 Å². The number of ether oxygens (including phenoxy) is 1. The Morgan fingerprint density at radius 1 is 1.21 bits per heavy atom. The summed E-state index contributed by atoms with van der Waals surface area (Å²) in [6.45, 7) is 6.60. The molecule has 0 aromatic heterocycles. The Labute approximate surface area is 86.8 Å². The molecule has 82 valence electrons. The van der Waals surface area contributed by atoms with E-state index in [-0.39, 0.29) is 0 Å². The Morgan fingerprint density at radius 2 is 2.07 bits per heavy atom. The first-order chi connectivity index (χ1) is 6.95. The predicted octanol–water partition coefficient (Wildman–Crippen LogP) is 0.851. The highest BCUT2D eigenvalue weighted by molar-refractivity contribution is 4.74. The molecule has 1 atom stereocenters. The SMILES string of the molecule is C1CCC(CCN2CCOCC2)NC1. The Morgan fingerprint density at radius 3 is 2.79 bits per heavy atom. The molecule has 0 aliphatic carbocycles.